The van der Waals surface area contributed by atoms with Crippen LogP contribution in [0.3, 0.4) is 0 Å². The highest BCUT2D eigenvalue weighted by Gasteiger charge is 2.43. The van der Waals surface area contributed by atoms with E-state index in [9.17, 15) is 14.4 Å². The van der Waals surface area contributed by atoms with E-state index in [0.717, 1.165) is 52.8 Å². The first-order chi connectivity index (χ1) is 18.8. The van der Waals surface area contributed by atoms with Gasteiger partial charge in [-0.25, -0.2) is 4.79 Å². The number of anilines is 1. The Morgan fingerprint density at radius 2 is 1.52 bits per heavy atom. The van der Waals surface area contributed by atoms with Crippen molar-refractivity contribution in [1.29, 1.82) is 0 Å². The van der Waals surface area contributed by atoms with Crippen LogP contribution in [0.4, 0.5) is 10.5 Å². The Morgan fingerprint density at radius 1 is 0.975 bits per heavy atom. The number of para-hydroxylation sites is 1. The summed E-state index contributed by atoms with van der Waals surface area (Å²) in [6, 6.07) is 10.1. The van der Waals surface area contributed by atoms with Crippen molar-refractivity contribution >= 4 is 35.4 Å². The van der Waals surface area contributed by atoms with Crippen molar-refractivity contribution in [2.24, 2.45) is 0 Å². The summed E-state index contributed by atoms with van der Waals surface area (Å²) in [4.78, 5) is 43.4. The molecule has 0 heterocycles. The number of alkyl carbamates (subject to hydrolysis) is 1. The lowest BCUT2D eigenvalue weighted by atomic mass is 9.86. The lowest BCUT2D eigenvalue weighted by Gasteiger charge is -2.44. The van der Waals surface area contributed by atoms with E-state index < -0.39 is 23.8 Å². The molecule has 0 saturated heterocycles. The van der Waals surface area contributed by atoms with E-state index in [1.807, 2.05) is 70.3 Å². The number of carbonyl (C=O) groups is 3. The van der Waals surface area contributed by atoms with Gasteiger partial charge in [0.25, 0.3) is 5.91 Å². The molecule has 1 saturated carbocycles. The second kappa shape index (κ2) is 13.6. The number of hydrogen-bond acceptors (Lipinski definition) is 5. The molecule has 0 aliphatic heterocycles. The van der Waals surface area contributed by atoms with E-state index in [0.29, 0.717) is 12.2 Å². The SMILES string of the molecule is CSCCC(NC(=O)OC(C)(C)C)C(=O)N(C1CCC1)C(C(=O)Nc1c(C)cccc1C)c1c(C)cccc1C. The maximum atomic E-state index is 14.5. The summed E-state index contributed by atoms with van der Waals surface area (Å²) in [7, 11) is 0. The predicted molar refractivity (Wildman–Crippen MR) is 164 cm³/mol. The highest BCUT2D eigenvalue weighted by atomic mass is 32.2. The molecule has 2 unspecified atom stereocenters. The number of rotatable bonds is 10. The van der Waals surface area contributed by atoms with Crippen molar-refractivity contribution in [1.82, 2.24) is 10.2 Å². The molecule has 0 spiro atoms. The zero-order valence-corrected chi connectivity index (χ0v) is 26.0. The Hall–Kier alpha value is -3.00. The highest BCUT2D eigenvalue weighted by molar-refractivity contribution is 7.98. The summed E-state index contributed by atoms with van der Waals surface area (Å²) in [6.45, 7) is 13.3. The third-order valence-electron chi connectivity index (χ3n) is 7.39. The van der Waals surface area contributed by atoms with E-state index >= 15 is 0 Å². The first-order valence-electron chi connectivity index (χ1n) is 14.1. The van der Waals surface area contributed by atoms with Gasteiger partial charge in [-0.1, -0.05) is 36.4 Å². The lowest BCUT2D eigenvalue weighted by molar-refractivity contribution is -0.145. The van der Waals surface area contributed by atoms with Crippen LogP contribution in [-0.4, -0.2) is 52.5 Å². The fourth-order valence-corrected chi connectivity index (χ4v) is 5.64. The Bertz CT molecular complexity index is 1180. The van der Waals surface area contributed by atoms with Crippen molar-refractivity contribution in [3.05, 3.63) is 64.2 Å². The fourth-order valence-electron chi connectivity index (χ4n) is 5.16. The van der Waals surface area contributed by atoms with E-state index in [2.05, 4.69) is 10.6 Å². The molecule has 3 amide bonds. The number of carbonyl (C=O) groups excluding carboxylic acids is 3. The van der Waals surface area contributed by atoms with Crippen LogP contribution in [0, 0.1) is 27.7 Å². The molecule has 40 heavy (non-hydrogen) atoms. The number of thioether (sulfide) groups is 1. The minimum atomic E-state index is -0.852. The zero-order chi connectivity index (χ0) is 29.6. The average molecular weight is 568 g/mol. The molecule has 1 aliphatic rings. The molecule has 2 N–H and O–H groups in total. The van der Waals surface area contributed by atoms with Crippen molar-refractivity contribution in [2.75, 3.05) is 17.3 Å². The summed E-state index contributed by atoms with van der Waals surface area (Å²) in [5.41, 5.74) is 4.69. The minimum absolute atomic E-state index is 0.0996. The molecule has 218 valence electrons. The van der Waals surface area contributed by atoms with E-state index in [4.69, 9.17) is 4.74 Å². The van der Waals surface area contributed by atoms with Crippen LogP contribution in [-0.2, 0) is 14.3 Å². The molecule has 0 radical (unpaired) electrons. The van der Waals surface area contributed by atoms with Crippen LogP contribution in [0.1, 0.15) is 80.3 Å². The predicted octanol–water partition coefficient (Wildman–Crippen LogP) is 6.63. The van der Waals surface area contributed by atoms with Crippen LogP contribution in [0.25, 0.3) is 0 Å². The average Bonchev–Trinajstić information content (AvgIpc) is 2.82. The summed E-state index contributed by atoms with van der Waals surface area (Å²) in [5.74, 6) is 0.165. The number of amides is 3. The third kappa shape index (κ3) is 7.80. The standard InChI is InChI=1S/C32H45N3O4S/c1-20-12-9-13-21(2)26(20)28(29(36)34-27-22(3)14-10-15-23(27)4)35(24-16-11-17-24)30(37)25(18-19-40-8)33-31(38)39-32(5,6)7/h9-10,12-15,24-25,28H,11,16-19H2,1-8H3,(H,33,38)(H,34,36). The Kier molecular flexibility index (Phi) is 10.7. The second-order valence-electron chi connectivity index (χ2n) is 11.8. The summed E-state index contributed by atoms with van der Waals surface area (Å²) in [6.07, 6.45) is 4.37. The zero-order valence-electron chi connectivity index (χ0n) is 25.2. The van der Waals surface area contributed by atoms with E-state index in [1.54, 1.807) is 37.4 Å². The van der Waals surface area contributed by atoms with Gasteiger partial charge in [0.2, 0.25) is 5.91 Å². The molecule has 2 aromatic carbocycles. The number of ether oxygens (including phenoxy) is 1. The van der Waals surface area contributed by atoms with Gasteiger partial charge in [0.15, 0.2) is 0 Å². The molecule has 8 heteroatoms. The summed E-state index contributed by atoms with van der Waals surface area (Å²) in [5, 5.41) is 6.01. The first kappa shape index (κ1) is 31.5. The van der Waals surface area contributed by atoms with Crippen LogP contribution >= 0.6 is 11.8 Å². The smallest absolute Gasteiger partial charge is 0.408 e. The van der Waals surface area contributed by atoms with Gasteiger partial charge >= 0.3 is 6.09 Å². The fraction of sp³-hybridized carbons (Fsp3) is 0.531. The van der Waals surface area contributed by atoms with Crippen molar-refractivity contribution in [3.63, 3.8) is 0 Å². The van der Waals surface area contributed by atoms with Gasteiger partial charge in [-0.15, -0.1) is 0 Å². The lowest BCUT2D eigenvalue weighted by Crippen LogP contribution is -2.57. The van der Waals surface area contributed by atoms with Crippen molar-refractivity contribution in [3.8, 4) is 0 Å². The number of nitrogens with one attached hydrogen (secondary N) is 2. The molecule has 1 fully saturated rings. The number of benzene rings is 2. The van der Waals surface area contributed by atoms with Gasteiger partial charge in [-0.2, -0.15) is 11.8 Å². The van der Waals surface area contributed by atoms with Gasteiger partial charge in [0, 0.05) is 11.7 Å². The number of hydrogen-bond donors (Lipinski definition) is 2. The molecule has 2 atom stereocenters. The maximum Gasteiger partial charge on any atom is 0.408 e. The largest absolute Gasteiger partial charge is 0.444 e. The van der Waals surface area contributed by atoms with Gasteiger partial charge < -0.3 is 20.3 Å². The topological polar surface area (TPSA) is 87.7 Å². The van der Waals surface area contributed by atoms with Crippen LogP contribution in [0.2, 0.25) is 0 Å². The summed E-state index contributed by atoms with van der Waals surface area (Å²) < 4.78 is 5.51. The van der Waals surface area contributed by atoms with Crippen molar-refractivity contribution < 1.29 is 19.1 Å². The normalized spacial score (nSPS) is 15.0. The van der Waals surface area contributed by atoms with Crippen molar-refractivity contribution in [2.45, 2.75) is 97.9 Å². The molecule has 2 aromatic rings. The molecule has 1 aliphatic carbocycles. The molecular formula is C32H45N3O4S. The number of nitrogens with zero attached hydrogens (tertiary/aromatic N) is 1. The first-order valence-corrected chi connectivity index (χ1v) is 15.5. The Labute approximate surface area is 243 Å². The molecule has 0 bridgehead atoms. The van der Waals surface area contributed by atoms with E-state index in [1.165, 1.54) is 0 Å². The third-order valence-corrected chi connectivity index (χ3v) is 8.04. The van der Waals surface area contributed by atoms with Gasteiger partial charge in [0.05, 0.1) is 0 Å². The van der Waals surface area contributed by atoms with E-state index in [-0.39, 0.29) is 17.9 Å². The van der Waals surface area contributed by atoms with Crippen LogP contribution < -0.4 is 10.6 Å². The van der Waals surface area contributed by atoms with Crippen LogP contribution in [0.5, 0.6) is 0 Å². The van der Waals surface area contributed by atoms with Gasteiger partial charge in [-0.3, -0.25) is 9.59 Å². The van der Waals surface area contributed by atoms with Gasteiger partial charge in [0.1, 0.15) is 17.7 Å². The second-order valence-corrected chi connectivity index (χ2v) is 12.8. The maximum absolute atomic E-state index is 14.5. The molecule has 7 nitrogen and oxygen atoms in total. The van der Waals surface area contributed by atoms with Crippen LogP contribution in [0.15, 0.2) is 36.4 Å². The van der Waals surface area contributed by atoms with Gasteiger partial charge in [-0.05, 0) is 114 Å². The Morgan fingerprint density at radius 3 is 2.00 bits per heavy atom. The minimum Gasteiger partial charge on any atom is -0.444 e. The molecule has 0 aromatic heterocycles. The quantitative estimate of drug-likeness (QED) is 0.337. The summed E-state index contributed by atoms with van der Waals surface area (Å²) >= 11 is 1.61. The monoisotopic (exact) mass is 567 g/mol. The molecule has 3 rings (SSSR count). The molecular weight excluding hydrogens is 522 g/mol. The highest BCUT2D eigenvalue weighted by Crippen LogP contribution is 2.37. The number of aryl methyl sites for hydroxylation is 4. The Balaban J connectivity index is 2.09.